The van der Waals surface area contributed by atoms with Crippen molar-refractivity contribution in [1.29, 1.82) is 0 Å². The molecule has 0 aliphatic carbocycles. The van der Waals surface area contributed by atoms with E-state index in [9.17, 15) is 0 Å². The van der Waals surface area contributed by atoms with Crippen LogP contribution in [-0.4, -0.2) is 19.0 Å². The lowest BCUT2D eigenvalue weighted by atomic mass is 10.1. The smallest absolute Gasteiger partial charge is 0.118 e. The van der Waals surface area contributed by atoms with Crippen LogP contribution < -0.4 is 5.32 Å². The number of nitrogens with one attached hydrogen (secondary N) is 1. The Morgan fingerprint density at radius 3 is 2.63 bits per heavy atom. The van der Waals surface area contributed by atoms with Crippen LogP contribution in [0.4, 0.5) is 0 Å². The van der Waals surface area contributed by atoms with Gasteiger partial charge in [0.05, 0.1) is 13.1 Å². The fraction of sp³-hybridized carbons (Fsp3) is 0.375. The van der Waals surface area contributed by atoms with E-state index in [1.807, 2.05) is 13.1 Å². The first-order valence-electron chi connectivity index (χ1n) is 6.63. The molecular weight excluding hydrogens is 236 g/mol. The predicted molar refractivity (Wildman–Crippen MR) is 77.8 cm³/mol. The second-order valence-electron chi connectivity index (χ2n) is 5.06. The molecule has 1 heterocycles. The third-order valence-electron chi connectivity index (χ3n) is 3.03. The first kappa shape index (κ1) is 13.8. The van der Waals surface area contributed by atoms with Gasteiger partial charge in [-0.15, -0.1) is 0 Å². The second-order valence-corrected chi connectivity index (χ2v) is 5.06. The highest BCUT2D eigenvalue weighted by Crippen LogP contribution is 2.12. The summed E-state index contributed by atoms with van der Waals surface area (Å²) in [4.78, 5) is 2.26. The lowest BCUT2D eigenvalue weighted by Gasteiger charge is -2.15. The monoisotopic (exact) mass is 258 g/mol. The fourth-order valence-corrected chi connectivity index (χ4v) is 2.22. The van der Waals surface area contributed by atoms with Gasteiger partial charge in [-0.05, 0) is 38.7 Å². The summed E-state index contributed by atoms with van der Waals surface area (Å²) in [5.41, 5.74) is 2.64. The van der Waals surface area contributed by atoms with E-state index in [1.165, 1.54) is 11.1 Å². The summed E-state index contributed by atoms with van der Waals surface area (Å²) in [7, 11) is 4.04. The fourth-order valence-electron chi connectivity index (χ4n) is 2.22. The third-order valence-corrected chi connectivity index (χ3v) is 3.03. The minimum Gasteiger partial charge on any atom is -0.463 e. The lowest BCUT2D eigenvalue weighted by Crippen LogP contribution is -2.16. The van der Waals surface area contributed by atoms with Crippen LogP contribution in [0.2, 0.25) is 0 Å². The second kappa shape index (κ2) is 6.55. The molecule has 3 heteroatoms. The highest BCUT2D eigenvalue weighted by Gasteiger charge is 2.06. The van der Waals surface area contributed by atoms with E-state index in [0.717, 1.165) is 31.2 Å². The molecule has 2 rings (SSSR count). The number of hydrogen-bond donors (Lipinski definition) is 1. The number of aryl methyl sites for hydroxylation is 1. The summed E-state index contributed by atoms with van der Waals surface area (Å²) < 4.78 is 5.75. The molecule has 0 atom stereocenters. The molecule has 2 aromatic rings. The minimum atomic E-state index is 0.779. The molecule has 0 saturated heterocycles. The molecule has 0 bridgehead atoms. The maximum atomic E-state index is 5.75. The Balaban J connectivity index is 1.91. The molecule has 0 radical (unpaired) electrons. The Kier molecular flexibility index (Phi) is 4.77. The van der Waals surface area contributed by atoms with Gasteiger partial charge in [0, 0.05) is 6.54 Å². The molecule has 1 N–H and O–H groups in total. The quantitative estimate of drug-likeness (QED) is 0.863. The standard InChI is InChI=1S/C16H22N2O/c1-13-5-4-6-14(9-13)11-18(3)12-16-8-7-15(19-16)10-17-2/h4-9,17H,10-12H2,1-3H3. The maximum absolute atomic E-state index is 5.75. The summed E-state index contributed by atoms with van der Waals surface area (Å²) >= 11 is 0. The molecule has 0 amide bonds. The van der Waals surface area contributed by atoms with Gasteiger partial charge in [0.25, 0.3) is 0 Å². The van der Waals surface area contributed by atoms with Crippen LogP contribution in [0.5, 0.6) is 0 Å². The number of benzene rings is 1. The maximum Gasteiger partial charge on any atom is 0.118 e. The Morgan fingerprint density at radius 1 is 1.11 bits per heavy atom. The zero-order valence-electron chi connectivity index (χ0n) is 11.9. The Bertz CT molecular complexity index is 519. The Morgan fingerprint density at radius 2 is 1.89 bits per heavy atom. The van der Waals surface area contributed by atoms with E-state index in [2.05, 4.69) is 54.5 Å². The molecule has 3 nitrogen and oxygen atoms in total. The van der Waals surface area contributed by atoms with Crippen molar-refractivity contribution in [2.45, 2.75) is 26.6 Å². The van der Waals surface area contributed by atoms with Gasteiger partial charge in [-0.1, -0.05) is 29.8 Å². The van der Waals surface area contributed by atoms with Crippen molar-refractivity contribution in [3.05, 3.63) is 59.0 Å². The molecule has 0 saturated carbocycles. The molecule has 102 valence electrons. The molecular formula is C16H22N2O. The van der Waals surface area contributed by atoms with E-state index >= 15 is 0 Å². The Hall–Kier alpha value is -1.58. The average molecular weight is 258 g/mol. The first-order chi connectivity index (χ1) is 9.17. The topological polar surface area (TPSA) is 28.4 Å². The molecule has 1 aromatic heterocycles. The van der Waals surface area contributed by atoms with E-state index in [-0.39, 0.29) is 0 Å². The van der Waals surface area contributed by atoms with Crippen LogP contribution in [0, 0.1) is 6.92 Å². The predicted octanol–water partition coefficient (Wildman–Crippen LogP) is 2.94. The van der Waals surface area contributed by atoms with Crippen molar-refractivity contribution in [2.24, 2.45) is 0 Å². The van der Waals surface area contributed by atoms with E-state index < -0.39 is 0 Å². The molecule has 0 aliphatic heterocycles. The molecule has 0 unspecified atom stereocenters. The number of rotatable bonds is 6. The minimum absolute atomic E-state index is 0.779. The number of hydrogen-bond acceptors (Lipinski definition) is 3. The molecule has 1 aromatic carbocycles. The highest BCUT2D eigenvalue weighted by molar-refractivity contribution is 5.22. The van der Waals surface area contributed by atoms with E-state index in [1.54, 1.807) is 0 Å². The molecule has 19 heavy (non-hydrogen) atoms. The van der Waals surface area contributed by atoms with E-state index in [0.29, 0.717) is 0 Å². The van der Waals surface area contributed by atoms with Crippen molar-refractivity contribution in [3.8, 4) is 0 Å². The SMILES string of the molecule is CNCc1ccc(CN(C)Cc2cccc(C)c2)o1. The van der Waals surface area contributed by atoms with Crippen molar-refractivity contribution in [3.63, 3.8) is 0 Å². The van der Waals surface area contributed by atoms with E-state index in [4.69, 9.17) is 4.42 Å². The van der Waals surface area contributed by atoms with Gasteiger partial charge in [-0.2, -0.15) is 0 Å². The summed E-state index contributed by atoms with van der Waals surface area (Å²) in [5.74, 6) is 2.00. The lowest BCUT2D eigenvalue weighted by molar-refractivity contribution is 0.283. The van der Waals surface area contributed by atoms with Gasteiger partial charge in [-0.25, -0.2) is 0 Å². The summed E-state index contributed by atoms with van der Waals surface area (Å²) in [6.45, 7) is 4.67. The molecule has 0 fully saturated rings. The summed E-state index contributed by atoms with van der Waals surface area (Å²) in [5, 5.41) is 3.09. The molecule has 0 spiro atoms. The molecule has 0 aliphatic rings. The van der Waals surface area contributed by atoms with Crippen LogP contribution >= 0.6 is 0 Å². The number of nitrogens with zero attached hydrogens (tertiary/aromatic N) is 1. The van der Waals surface area contributed by atoms with Gasteiger partial charge in [-0.3, -0.25) is 4.90 Å². The van der Waals surface area contributed by atoms with Crippen molar-refractivity contribution in [2.75, 3.05) is 14.1 Å². The van der Waals surface area contributed by atoms with Crippen LogP contribution in [0.15, 0.2) is 40.8 Å². The number of furan rings is 1. The Labute approximate surface area is 115 Å². The van der Waals surface area contributed by atoms with Crippen molar-refractivity contribution < 1.29 is 4.42 Å². The largest absolute Gasteiger partial charge is 0.463 e. The van der Waals surface area contributed by atoms with Crippen LogP contribution in [-0.2, 0) is 19.6 Å². The van der Waals surface area contributed by atoms with Crippen molar-refractivity contribution >= 4 is 0 Å². The van der Waals surface area contributed by atoms with Gasteiger partial charge in [0.1, 0.15) is 11.5 Å². The van der Waals surface area contributed by atoms with Gasteiger partial charge in [0.15, 0.2) is 0 Å². The summed E-state index contributed by atoms with van der Waals surface area (Å²) in [6, 6.07) is 12.7. The van der Waals surface area contributed by atoms with Gasteiger partial charge in [0.2, 0.25) is 0 Å². The summed E-state index contributed by atoms with van der Waals surface area (Å²) in [6.07, 6.45) is 0. The van der Waals surface area contributed by atoms with Gasteiger partial charge >= 0.3 is 0 Å². The normalized spacial score (nSPS) is 11.2. The zero-order valence-corrected chi connectivity index (χ0v) is 11.9. The highest BCUT2D eigenvalue weighted by atomic mass is 16.3. The van der Waals surface area contributed by atoms with Crippen LogP contribution in [0.1, 0.15) is 22.6 Å². The first-order valence-corrected chi connectivity index (χ1v) is 6.63. The van der Waals surface area contributed by atoms with Crippen molar-refractivity contribution in [1.82, 2.24) is 10.2 Å². The zero-order chi connectivity index (χ0) is 13.7. The van der Waals surface area contributed by atoms with Crippen LogP contribution in [0.3, 0.4) is 0 Å². The third kappa shape index (κ3) is 4.23. The van der Waals surface area contributed by atoms with Gasteiger partial charge < -0.3 is 9.73 Å². The average Bonchev–Trinajstić information content (AvgIpc) is 2.77. The van der Waals surface area contributed by atoms with Crippen LogP contribution in [0.25, 0.3) is 0 Å².